The van der Waals surface area contributed by atoms with Gasteiger partial charge < -0.3 is 10.3 Å². The summed E-state index contributed by atoms with van der Waals surface area (Å²) in [6.07, 6.45) is 3.26. The van der Waals surface area contributed by atoms with E-state index < -0.39 is 0 Å². The summed E-state index contributed by atoms with van der Waals surface area (Å²) in [5, 5.41) is 4.13. The van der Waals surface area contributed by atoms with Gasteiger partial charge in [0, 0.05) is 29.2 Å². The Bertz CT molecular complexity index is 607. The smallest absolute Gasteiger partial charge is 0.189 e. The topological polar surface area (TPSA) is 44.9 Å². The second-order valence-corrected chi connectivity index (χ2v) is 5.72. The van der Waals surface area contributed by atoms with Gasteiger partial charge in [-0.25, -0.2) is 0 Å². The zero-order valence-corrected chi connectivity index (χ0v) is 12.3. The first-order valence-corrected chi connectivity index (χ1v) is 7.92. The maximum absolute atomic E-state index is 12.0. The van der Waals surface area contributed by atoms with Crippen molar-refractivity contribution in [2.75, 3.05) is 18.6 Å². The van der Waals surface area contributed by atoms with Gasteiger partial charge in [-0.15, -0.1) is 0 Å². The van der Waals surface area contributed by atoms with Gasteiger partial charge in [-0.1, -0.05) is 11.6 Å². The Morgan fingerprint density at radius 1 is 1.32 bits per heavy atom. The van der Waals surface area contributed by atoms with Gasteiger partial charge in [0.25, 0.3) is 0 Å². The molecule has 0 aliphatic rings. The number of benzene rings is 1. The molecule has 0 aliphatic carbocycles. The van der Waals surface area contributed by atoms with Crippen LogP contribution in [0, 0.1) is 6.92 Å². The highest BCUT2D eigenvalue weighted by atomic mass is 32.2. The van der Waals surface area contributed by atoms with Crippen molar-refractivity contribution in [1.82, 2.24) is 10.3 Å². The first-order chi connectivity index (χ1) is 9.20. The van der Waals surface area contributed by atoms with Crippen LogP contribution in [-0.4, -0.2) is 23.5 Å². The predicted octanol–water partition coefficient (Wildman–Crippen LogP) is 2.68. The van der Waals surface area contributed by atoms with Crippen molar-refractivity contribution < 1.29 is 0 Å². The van der Waals surface area contributed by atoms with E-state index in [0.29, 0.717) is 6.54 Å². The van der Waals surface area contributed by atoms with E-state index in [-0.39, 0.29) is 5.43 Å². The third-order valence-corrected chi connectivity index (χ3v) is 3.76. The number of H-pyrrole nitrogens is 1. The number of aromatic nitrogens is 1. The van der Waals surface area contributed by atoms with Crippen LogP contribution < -0.4 is 10.7 Å². The normalized spacial score (nSPS) is 11.1. The van der Waals surface area contributed by atoms with Crippen LogP contribution in [0.25, 0.3) is 10.9 Å². The van der Waals surface area contributed by atoms with Crippen molar-refractivity contribution >= 4 is 22.7 Å². The molecule has 0 atom stereocenters. The molecule has 0 amide bonds. The molecule has 3 nitrogen and oxygen atoms in total. The molecule has 2 aromatic rings. The van der Waals surface area contributed by atoms with Crippen LogP contribution >= 0.6 is 11.8 Å². The predicted molar refractivity (Wildman–Crippen MR) is 84.0 cm³/mol. The molecule has 1 aromatic carbocycles. The summed E-state index contributed by atoms with van der Waals surface area (Å²) in [5.74, 6) is 1.17. The first-order valence-electron chi connectivity index (χ1n) is 6.53. The molecule has 0 saturated heterocycles. The summed E-state index contributed by atoms with van der Waals surface area (Å²) < 4.78 is 0. The number of aromatic amines is 1. The third-order valence-electron chi connectivity index (χ3n) is 3.06. The van der Waals surface area contributed by atoms with E-state index in [9.17, 15) is 4.79 Å². The summed E-state index contributed by atoms with van der Waals surface area (Å²) in [4.78, 5) is 15.4. The number of rotatable bonds is 6. The summed E-state index contributed by atoms with van der Waals surface area (Å²) in [6.45, 7) is 3.70. The van der Waals surface area contributed by atoms with Gasteiger partial charge in [-0.3, -0.25) is 4.79 Å². The second-order valence-electron chi connectivity index (χ2n) is 4.73. The average molecular weight is 276 g/mol. The standard InChI is InChI=1S/C15H20N2OS/c1-11-4-5-14-13(8-11)15(18)9-12(17-14)10-16-6-3-7-19-2/h4-5,8-9,16H,3,6-7,10H2,1-2H3,(H,17,18). The SMILES string of the molecule is CSCCCNCc1cc(=O)c2cc(C)ccc2[nH]1. The molecule has 2 N–H and O–H groups in total. The fourth-order valence-electron chi connectivity index (χ4n) is 2.08. The lowest BCUT2D eigenvalue weighted by atomic mass is 10.1. The Morgan fingerprint density at radius 3 is 2.95 bits per heavy atom. The minimum absolute atomic E-state index is 0.0957. The number of hydrogen-bond acceptors (Lipinski definition) is 3. The molecule has 102 valence electrons. The van der Waals surface area contributed by atoms with Gasteiger partial charge in [0.15, 0.2) is 5.43 Å². The van der Waals surface area contributed by atoms with E-state index >= 15 is 0 Å². The van der Waals surface area contributed by atoms with Crippen LogP contribution in [0.3, 0.4) is 0 Å². The Morgan fingerprint density at radius 2 is 2.16 bits per heavy atom. The van der Waals surface area contributed by atoms with Crippen LogP contribution in [0.15, 0.2) is 29.1 Å². The second kappa shape index (κ2) is 6.78. The highest BCUT2D eigenvalue weighted by Gasteiger charge is 2.02. The highest BCUT2D eigenvalue weighted by molar-refractivity contribution is 7.98. The maximum Gasteiger partial charge on any atom is 0.189 e. The van der Waals surface area contributed by atoms with Gasteiger partial charge in [0.05, 0.1) is 0 Å². The maximum atomic E-state index is 12.0. The highest BCUT2D eigenvalue weighted by Crippen LogP contribution is 2.10. The fraction of sp³-hybridized carbons (Fsp3) is 0.400. The minimum Gasteiger partial charge on any atom is -0.357 e. The molecule has 0 unspecified atom stereocenters. The van der Waals surface area contributed by atoms with Crippen LogP contribution in [-0.2, 0) is 6.54 Å². The molecule has 0 fully saturated rings. The fourth-order valence-corrected chi connectivity index (χ4v) is 2.51. The molecule has 1 aromatic heterocycles. The van der Waals surface area contributed by atoms with Gasteiger partial charge in [0.2, 0.25) is 0 Å². The molecule has 2 rings (SSSR count). The van der Waals surface area contributed by atoms with Gasteiger partial charge in [-0.05, 0) is 44.0 Å². The monoisotopic (exact) mass is 276 g/mol. The number of fused-ring (bicyclic) bond motifs is 1. The van der Waals surface area contributed by atoms with E-state index in [0.717, 1.165) is 35.1 Å². The van der Waals surface area contributed by atoms with E-state index in [1.807, 2.05) is 36.9 Å². The Kier molecular flexibility index (Phi) is 5.05. The van der Waals surface area contributed by atoms with Crippen molar-refractivity contribution in [1.29, 1.82) is 0 Å². The average Bonchev–Trinajstić information content (AvgIpc) is 2.39. The van der Waals surface area contributed by atoms with Crippen molar-refractivity contribution in [3.05, 3.63) is 45.7 Å². The molecule has 19 heavy (non-hydrogen) atoms. The van der Waals surface area contributed by atoms with Crippen molar-refractivity contribution in [3.63, 3.8) is 0 Å². The van der Waals surface area contributed by atoms with Crippen LogP contribution in [0.4, 0.5) is 0 Å². The summed E-state index contributed by atoms with van der Waals surface area (Å²) in [5.41, 5.74) is 3.07. The number of pyridine rings is 1. The first kappa shape index (κ1) is 14.2. The molecule has 0 saturated carbocycles. The molecule has 0 spiro atoms. The van der Waals surface area contributed by atoms with Crippen LogP contribution in [0.5, 0.6) is 0 Å². The lowest BCUT2D eigenvalue weighted by molar-refractivity contribution is 0.669. The molecular weight excluding hydrogens is 256 g/mol. The third kappa shape index (κ3) is 3.85. The zero-order valence-electron chi connectivity index (χ0n) is 11.5. The quantitative estimate of drug-likeness (QED) is 0.797. The van der Waals surface area contributed by atoms with E-state index in [4.69, 9.17) is 0 Å². The van der Waals surface area contributed by atoms with Crippen molar-refractivity contribution in [2.45, 2.75) is 19.9 Å². The van der Waals surface area contributed by atoms with Gasteiger partial charge >= 0.3 is 0 Å². The molecule has 4 heteroatoms. The molecule has 0 bridgehead atoms. The zero-order chi connectivity index (χ0) is 13.7. The van der Waals surface area contributed by atoms with E-state index in [1.54, 1.807) is 6.07 Å². The van der Waals surface area contributed by atoms with Crippen LogP contribution in [0.1, 0.15) is 17.7 Å². The Hall–Kier alpha value is -1.26. The minimum atomic E-state index is 0.0957. The summed E-state index contributed by atoms with van der Waals surface area (Å²) in [7, 11) is 0. The largest absolute Gasteiger partial charge is 0.357 e. The summed E-state index contributed by atoms with van der Waals surface area (Å²) >= 11 is 1.86. The number of thioether (sulfide) groups is 1. The Labute approximate surface area is 117 Å². The molecular formula is C15H20N2OS. The lowest BCUT2D eigenvalue weighted by Crippen LogP contribution is -2.18. The van der Waals surface area contributed by atoms with Crippen molar-refractivity contribution in [2.24, 2.45) is 0 Å². The van der Waals surface area contributed by atoms with Crippen molar-refractivity contribution in [3.8, 4) is 0 Å². The summed E-state index contributed by atoms with van der Waals surface area (Å²) in [6, 6.07) is 7.63. The van der Waals surface area contributed by atoms with Crippen LogP contribution in [0.2, 0.25) is 0 Å². The molecule has 1 heterocycles. The number of hydrogen-bond donors (Lipinski definition) is 2. The van der Waals surface area contributed by atoms with Gasteiger partial charge in [0.1, 0.15) is 0 Å². The number of nitrogens with one attached hydrogen (secondary N) is 2. The molecule has 0 aliphatic heterocycles. The van der Waals surface area contributed by atoms with E-state index in [2.05, 4.69) is 16.6 Å². The Balaban J connectivity index is 2.08. The lowest BCUT2D eigenvalue weighted by Gasteiger charge is -2.06. The van der Waals surface area contributed by atoms with Gasteiger partial charge in [-0.2, -0.15) is 11.8 Å². The molecule has 0 radical (unpaired) electrons. The van der Waals surface area contributed by atoms with E-state index in [1.165, 1.54) is 5.75 Å². The number of aryl methyl sites for hydroxylation is 1.